The van der Waals surface area contributed by atoms with Crippen LogP contribution in [0.1, 0.15) is 29.5 Å². The minimum Gasteiger partial charge on any atom is -0.377 e. The maximum absolute atomic E-state index is 13.4. The van der Waals surface area contributed by atoms with Gasteiger partial charge in [-0.15, -0.1) is 0 Å². The molecule has 0 radical (unpaired) electrons. The molecule has 3 aromatic rings. The van der Waals surface area contributed by atoms with Gasteiger partial charge >= 0.3 is 6.18 Å². The number of hydrogen-bond donors (Lipinski definition) is 1. The zero-order valence-corrected chi connectivity index (χ0v) is 18.7. The highest BCUT2D eigenvalue weighted by Crippen LogP contribution is 2.32. The molecule has 4 rings (SSSR count). The smallest absolute Gasteiger partial charge is 0.377 e. The second-order valence-electron chi connectivity index (χ2n) is 8.12. The van der Waals surface area contributed by atoms with Crippen LogP contribution in [0.5, 0.6) is 0 Å². The summed E-state index contributed by atoms with van der Waals surface area (Å²) in [6.07, 6.45) is -3.69. The van der Waals surface area contributed by atoms with Crippen LogP contribution in [0.25, 0.3) is 10.9 Å². The number of nitrogens with zero attached hydrogens (tertiary/aromatic N) is 1. The van der Waals surface area contributed by atoms with Crippen molar-refractivity contribution in [3.8, 4) is 0 Å². The summed E-state index contributed by atoms with van der Waals surface area (Å²) in [4.78, 5) is 15.1. The SMILES string of the molecule is Cc1cccc2cc(CN(C[C@H]3CCCO3)S(=O)(=O)c3cccc(C(F)(F)F)c3)c(=O)[nH]c12. The first kappa shape index (κ1) is 23.5. The Labute approximate surface area is 189 Å². The van der Waals surface area contributed by atoms with E-state index in [1.54, 1.807) is 12.1 Å². The summed E-state index contributed by atoms with van der Waals surface area (Å²) in [7, 11) is -4.35. The molecule has 1 saturated heterocycles. The van der Waals surface area contributed by atoms with E-state index in [4.69, 9.17) is 4.74 Å². The lowest BCUT2D eigenvalue weighted by Gasteiger charge is -2.25. The van der Waals surface area contributed by atoms with E-state index >= 15 is 0 Å². The van der Waals surface area contributed by atoms with Crippen LogP contribution in [-0.4, -0.2) is 37.0 Å². The van der Waals surface area contributed by atoms with Crippen molar-refractivity contribution in [2.45, 2.75) is 43.5 Å². The van der Waals surface area contributed by atoms with Crippen LogP contribution in [0.2, 0.25) is 0 Å². The third kappa shape index (κ3) is 4.97. The van der Waals surface area contributed by atoms with Crippen molar-refractivity contribution >= 4 is 20.9 Å². The molecule has 1 fully saturated rings. The van der Waals surface area contributed by atoms with E-state index in [0.717, 1.165) is 39.9 Å². The van der Waals surface area contributed by atoms with Crippen LogP contribution in [0.15, 0.2) is 58.2 Å². The molecule has 1 N–H and O–H groups in total. The highest BCUT2D eigenvalue weighted by atomic mass is 32.2. The summed E-state index contributed by atoms with van der Waals surface area (Å²) in [6.45, 7) is 1.97. The number of halogens is 3. The third-order valence-electron chi connectivity index (χ3n) is 5.74. The Morgan fingerprint density at radius 1 is 1.15 bits per heavy atom. The van der Waals surface area contributed by atoms with Gasteiger partial charge in [-0.2, -0.15) is 17.5 Å². The largest absolute Gasteiger partial charge is 0.416 e. The highest BCUT2D eigenvalue weighted by molar-refractivity contribution is 7.89. The highest BCUT2D eigenvalue weighted by Gasteiger charge is 2.34. The second kappa shape index (κ2) is 8.92. The van der Waals surface area contributed by atoms with Crippen molar-refractivity contribution in [3.63, 3.8) is 0 Å². The van der Waals surface area contributed by atoms with Crippen molar-refractivity contribution in [1.82, 2.24) is 9.29 Å². The lowest BCUT2D eigenvalue weighted by atomic mass is 10.1. The Hall–Kier alpha value is -2.69. The fourth-order valence-electron chi connectivity index (χ4n) is 3.98. The molecule has 1 aliphatic rings. The first-order valence-corrected chi connectivity index (χ1v) is 11.9. The number of rotatable bonds is 6. The van der Waals surface area contributed by atoms with Crippen LogP contribution in [0.3, 0.4) is 0 Å². The van der Waals surface area contributed by atoms with E-state index in [9.17, 15) is 26.4 Å². The Kier molecular flexibility index (Phi) is 6.35. The topological polar surface area (TPSA) is 79.5 Å². The maximum Gasteiger partial charge on any atom is 0.416 e. The number of ether oxygens (including phenoxy) is 1. The standard InChI is InChI=1S/C23H23F3N2O4S/c1-15-5-2-6-16-11-17(22(29)27-21(15)16)13-28(14-19-8-4-10-32-19)33(30,31)20-9-3-7-18(12-20)23(24,25)26/h2-3,5-7,9,11-12,19H,4,8,10,13-14H2,1H3,(H,27,29)/t19-/m1/s1. The predicted molar refractivity (Wildman–Crippen MR) is 117 cm³/mol. The van der Waals surface area contributed by atoms with Gasteiger partial charge in [0.1, 0.15) is 0 Å². The van der Waals surface area contributed by atoms with Gasteiger partial charge in [-0.05, 0) is 55.0 Å². The number of pyridine rings is 1. The summed E-state index contributed by atoms with van der Waals surface area (Å²) >= 11 is 0. The molecule has 2 heterocycles. The molecule has 0 bridgehead atoms. The van der Waals surface area contributed by atoms with Crippen LogP contribution in [0, 0.1) is 6.92 Å². The number of para-hydroxylation sites is 1. The number of aryl methyl sites for hydroxylation is 1. The first-order chi connectivity index (χ1) is 15.6. The summed E-state index contributed by atoms with van der Waals surface area (Å²) in [5.74, 6) is 0. The maximum atomic E-state index is 13.4. The summed E-state index contributed by atoms with van der Waals surface area (Å²) < 4.78 is 73.0. The fraction of sp³-hybridized carbons (Fsp3) is 0.348. The minimum absolute atomic E-state index is 0.0656. The van der Waals surface area contributed by atoms with E-state index in [1.807, 2.05) is 19.1 Å². The molecule has 0 amide bonds. The van der Waals surface area contributed by atoms with Crippen LogP contribution >= 0.6 is 0 Å². The quantitative estimate of drug-likeness (QED) is 0.573. The molecule has 33 heavy (non-hydrogen) atoms. The number of sulfonamides is 1. The zero-order chi connectivity index (χ0) is 23.8. The van der Waals surface area contributed by atoms with Gasteiger partial charge in [-0.25, -0.2) is 8.42 Å². The van der Waals surface area contributed by atoms with Crippen LogP contribution in [-0.2, 0) is 27.5 Å². The molecule has 6 nitrogen and oxygen atoms in total. The molecule has 176 valence electrons. The average Bonchev–Trinajstić information content (AvgIpc) is 3.27. The van der Waals surface area contributed by atoms with Crippen LogP contribution in [0.4, 0.5) is 13.2 Å². The lowest BCUT2D eigenvalue weighted by molar-refractivity contribution is -0.137. The molecule has 0 saturated carbocycles. The van der Waals surface area contributed by atoms with Gasteiger partial charge in [0, 0.05) is 25.3 Å². The summed E-state index contributed by atoms with van der Waals surface area (Å²) in [6, 6.07) is 10.7. The number of alkyl halides is 3. The molecule has 0 unspecified atom stereocenters. The van der Waals surface area contributed by atoms with Gasteiger partial charge < -0.3 is 9.72 Å². The van der Waals surface area contributed by atoms with Crippen LogP contribution < -0.4 is 5.56 Å². The Morgan fingerprint density at radius 3 is 2.61 bits per heavy atom. The van der Waals surface area contributed by atoms with Gasteiger partial charge in [0.05, 0.1) is 22.1 Å². The van der Waals surface area contributed by atoms with Crippen molar-refractivity contribution in [1.29, 1.82) is 0 Å². The van der Waals surface area contributed by atoms with Gasteiger partial charge in [0.15, 0.2) is 0 Å². The predicted octanol–water partition coefficient (Wildman–Crippen LogP) is 4.23. The first-order valence-electron chi connectivity index (χ1n) is 10.5. The Balaban J connectivity index is 1.75. The van der Waals surface area contributed by atoms with E-state index < -0.39 is 38.3 Å². The van der Waals surface area contributed by atoms with Crippen molar-refractivity contribution in [2.24, 2.45) is 0 Å². The molecule has 1 atom stereocenters. The average molecular weight is 481 g/mol. The molecular formula is C23H23F3N2O4S. The fourth-order valence-corrected chi connectivity index (χ4v) is 5.48. The normalized spacial score (nSPS) is 17.2. The van der Waals surface area contributed by atoms with Gasteiger partial charge in [-0.3, -0.25) is 4.79 Å². The number of H-pyrrole nitrogens is 1. The summed E-state index contributed by atoms with van der Waals surface area (Å²) in [5.41, 5.74) is 0.205. The van der Waals surface area contributed by atoms with E-state index in [1.165, 1.54) is 0 Å². The number of aromatic amines is 1. The number of fused-ring (bicyclic) bond motifs is 1. The molecule has 1 aromatic heterocycles. The van der Waals surface area contributed by atoms with E-state index in [2.05, 4.69) is 4.98 Å². The number of nitrogens with one attached hydrogen (secondary N) is 1. The van der Waals surface area contributed by atoms with Gasteiger partial charge in [-0.1, -0.05) is 24.3 Å². The van der Waals surface area contributed by atoms with Gasteiger partial charge in [0.25, 0.3) is 5.56 Å². The van der Waals surface area contributed by atoms with Crippen molar-refractivity contribution in [3.05, 3.63) is 75.6 Å². The van der Waals surface area contributed by atoms with E-state index in [-0.39, 0.29) is 18.7 Å². The van der Waals surface area contributed by atoms with Crippen molar-refractivity contribution in [2.75, 3.05) is 13.2 Å². The summed E-state index contributed by atoms with van der Waals surface area (Å²) in [5, 5.41) is 0.734. The molecular weight excluding hydrogens is 457 g/mol. The third-order valence-corrected chi connectivity index (χ3v) is 7.55. The van der Waals surface area contributed by atoms with E-state index in [0.29, 0.717) is 24.6 Å². The molecule has 10 heteroatoms. The lowest BCUT2D eigenvalue weighted by Crippen LogP contribution is -2.38. The zero-order valence-electron chi connectivity index (χ0n) is 17.9. The van der Waals surface area contributed by atoms with Crippen molar-refractivity contribution < 1.29 is 26.3 Å². The number of hydrogen-bond acceptors (Lipinski definition) is 4. The molecule has 0 spiro atoms. The Bertz CT molecular complexity index is 1330. The minimum atomic E-state index is -4.68. The number of aromatic nitrogens is 1. The van der Waals surface area contributed by atoms with Gasteiger partial charge in [0.2, 0.25) is 10.0 Å². The monoisotopic (exact) mass is 480 g/mol. The molecule has 2 aromatic carbocycles. The number of benzene rings is 2. The second-order valence-corrected chi connectivity index (χ2v) is 10.1. The molecule has 1 aliphatic heterocycles. The molecule has 0 aliphatic carbocycles. The Morgan fingerprint density at radius 2 is 1.91 bits per heavy atom.